The molecule has 0 aliphatic rings. The first-order valence-corrected chi connectivity index (χ1v) is 5.01. The van der Waals surface area contributed by atoms with Crippen molar-refractivity contribution in [1.82, 2.24) is 4.98 Å². The Kier molecular flexibility index (Phi) is 2.38. The van der Waals surface area contributed by atoms with Crippen molar-refractivity contribution in [3.8, 4) is 0 Å². The van der Waals surface area contributed by atoms with Gasteiger partial charge in [0.1, 0.15) is 5.60 Å². The Labute approximate surface area is 82.6 Å². The summed E-state index contributed by atoms with van der Waals surface area (Å²) in [6.07, 6.45) is 1.64. The van der Waals surface area contributed by atoms with Crippen LogP contribution in [0.5, 0.6) is 0 Å². The van der Waals surface area contributed by atoms with Crippen LogP contribution >= 0.6 is 11.3 Å². The van der Waals surface area contributed by atoms with Crippen LogP contribution in [0.4, 0.5) is 5.13 Å². The maximum Gasteiger partial charge on any atom is 0.180 e. The topological polar surface area (TPSA) is 59.1 Å². The lowest BCUT2D eigenvalue weighted by Crippen LogP contribution is -2.35. The van der Waals surface area contributed by atoms with E-state index >= 15 is 0 Å². The van der Waals surface area contributed by atoms with Gasteiger partial charge in [0.2, 0.25) is 0 Å². The summed E-state index contributed by atoms with van der Waals surface area (Å²) in [5, 5.41) is 10.8. The largest absolute Gasteiger partial charge is 0.384 e. The first kappa shape index (κ1) is 10.5. The van der Waals surface area contributed by atoms with Gasteiger partial charge in [0.15, 0.2) is 5.13 Å². The van der Waals surface area contributed by atoms with Crippen molar-refractivity contribution in [1.29, 1.82) is 0 Å². The fraction of sp³-hybridized carbons (Fsp3) is 0.667. The van der Waals surface area contributed by atoms with Gasteiger partial charge in [0.05, 0.1) is 4.88 Å². The van der Waals surface area contributed by atoms with E-state index in [1.54, 1.807) is 13.1 Å². The number of nitrogens with two attached hydrogens (primary N) is 1. The van der Waals surface area contributed by atoms with Crippen LogP contribution in [0.1, 0.15) is 32.6 Å². The fourth-order valence-electron chi connectivity index (χ4n) is 0.882. The van der Waals surface area contributed by atoms with E-state index in [2.05, 4.69) is 4.98 Å². The lowest BCUT2D eigenvalue weighted by atomic mass is 9.77. The molecule has 1 aromatic heterocycles. The number of nitrogens with zero attached hydrogens (tertiary/aromatic N) is 1. The maximum atomic E-state index is 10.3. The van der Waals surface area contributed by atoms with E-state index in [9.17, 15) is 5.11 Å². The van der Waals surface area contributed by atoms with Gasteiger partial charge in [0.25, 0.3) is 0 Å². The van der Waals surface area contributed by atoms with Gasteiger partial charge in [-0.25, -0.2) is 4.98 Å². The van der Waals surface area contributed by atoms with E-state index in [4.69, 9.17) is 5.73 Å². The van der Waals surface area contributed by atoms with Crippen molar-refractivity contribution in [2.75, 3.05) is 5.73 Å². The minimum absolute atomic E-state index is 0.216. The molecular weight excluding hydrogens is 184 g/mol. The first-order valence-electron chi connectivity index (χ1n) is 4.19. The molecule has 0 saturated carbocycles. The van der Waals surface area contributed by atoms with Gasteiger partial charge < -0.3 is 10.8 Å². The summed E-state index contributed by atoms with van der Waals surface area (Å²) in [6, 6.07) is 0. The Morgan fingerprint density at radius 2 is 1.92 bits per heavy atom. The first-order chi connectivity index (χ1) is 5.75. The number of aliphatic hydroxyl groups is 1. The molecule has 0 aromatic carbocycles. The Bertz CT molecular complexity index is 299. The van der Waals surface area contributed by atoms with Gasteiger partial charge in [0, 0.05) is 6.20 Å². The van der Waals surface area contributed by atoms with Gasteiger partial charge in [-0.1, -0.05) is 32.1 Å². The third-order valence-corrected chi connectivity index (χ3v) is 3.50. The van der Waals surface area contributed by atoms with Crippen LogP contribution in [0.25, 0.3) is 0 Å². The van der Waals surface area contributed by atoms with Crippen LogP contribution in [0.3, 0.4) is 0 Å². The minimum atomic E-state index is -0.873. The quantitative estimate of drug-likeness (QED) is 0.728. The van der Waals surface area contributed by atoms with Crippen LogP contribution in [-0.2, 0) is 5.60 Å². The average molecular weight is 200 g/mol. The van der Waals surface area contributed by atoms with Crippen molar-refractivity contribution in [3.63, 3.8) is 0 Å². The smallest absolute Gasteiger partial charge is 0.180 e. The zero-order chi connectivity index (χ0) is 10.3. The van der Waals surface area contributed by atoms with E-state index in [0.29, 0.717) is 5.13 Å². The summed E-state index contributed by atoms with van der Waals surface area (Å²) in [6.45, 7) is 7.76. The number of aromatic nitrogens is 1. The number of anilines is 1. The van der Waals surface area contributed by atoms with Crippen LogP contribution in [-0.4, -0.2) is 10.1 Å². The van der Waals surface area contributed by atoms with Crippen molar-refractivity contribution >= 4 is 16.5 Å². The number of thiazole rings is 1. The zero-order valence-electron chi connectivity index (χ0n) is 8.46. The van der Waals surface area contributed by atoms with Crippen LogP contribution in [0.2, 0.25) is 0 Å². The monoisotopic (exact) mass is 200 g/mol. The highest BCUT2D eigenvalue weighted by atomic mass is 32.1. The third-order valence-electron chi connectivity index (χ3n) is 2.46. The summed E-state index contributed by atoms with van der Waals surface area (Å²) in [5.41, 5.74) is 4.43. The molecule has 0 aliphatic heterocycles. The molecule has 0 saturated heterocycles. The molecule has 0 bridgehead atoms. The summed E-state index contributed by atoms with van der Waals surface area (Å²) >= 11 is 1.34. The van der Waals surface area contributed by atoms with E-state index in [1.165, 1.54) is 11.3 Å². The second kappa shape index (κ2) is 2.96. The number of hydrogen-bond acceptors (Lipinski definition) is 4. The van der Waals surface area contributed by atoms with Crippen molar-refractivity contribution in [2.45, 2.75) is 33.3 Å². The summed E-state index contributed by atoms with van der Waals surface area (Å²) in [4.78, 5) is 4.75. The minimum Gasteiger partial charge on any atom is -0.384 e. The fourth-order valence-corrected chi connectivity index (χ4v) is 1.82. The molecule has 0 amide bonds. The lowest BCUT2D eigenvalue weighted by Gasteiger charge is -2.35. The number of hydrogen-bond donors (Lipinski definition) is 2. The van der Waals surface area contributed by atoms with Crippen molar-refractivity contribution < 1.29 is 5.11 Å². The van der Waals surface area contributed by atoms with E-state index in [-0.39, 0.29) is 5.41 Å². The lowest BCUT2D eigenvalue weighted by molar-refractivity contribution is -0.0439. The molecule has 1 unspecified atom stereocenters. The summed E-state index contributed by atoms with van der Waals surface area (Å²) in [5.74, 6) is 0. The normalized spacial score (nSPS) is 17.0. The second-order valence-electron chi connectivity index (χ2n) is 4.38. The SMILES string of the molecule is CC(C)(C)C(C)(O)c1cnc(N)s1. The Balaban J connectivity index is 3.07. The molecular formula is C9H16N2OS. The molecule has 0 radical (unpaired) electrons. The molecule has 1 aromatic rings. The van der Waals surface area contributed by atoms with Crippen molar-refractivity contribution in [2.24, 2.45) is 5.41 Å². The van der Waals surface area contributed by atoms with Gasteiger partial charge in [-0.2, -0.15) is 0 Å². The molecule has 3 nitrogen and oxygen atoms in total. The summed E-state index contributed by atoms with van der Waals surface area (Å²) < 4.78 is 0. The molecule has 74 valence electrons. The van der Waals surface area contributed by atoms with Gasteiger partial charge in [-0.15, -0.1) is 0 Å². The molecule has 0 fully saturated rings. The number of nitrogen functional groups attached to an aromatic ring is 1. The molecule has 1 heterocycles. The molecule has 13 heavy (non-hydrogen) atoms. The van der Waals surface area contributed by atoms with Crippen LogP contribution in [0, 0.1) is 5.41 Å². The third kappa shape index (κ3) is 1.84. The highest BCUT2D eigenvalue weighted by Gasteiger charge is 2.38. The Morgan fingerprint density at radius 3 is 2.23 bits per heavy atom. The van der Waals surface area contributed by atoms with Crippen molar-refractivity contribution in [3.05, 3.63) is 11.1 Å². The van der Waals surface area contributed by atoms with E-state index in [1.807, 2.05) is 20.8 Å². The summed E-state index contributed by atoms with van der Waals surface area (Å²) in [7, 11) is 0. The van der Waals surface area contributed by atoms with Gasteiger partial charge in [-0.05, 0) is 12.3 Å². The molecule has 1 atom stereocenters. The van der Waals surface area contributed by atoms with E-state index in [0.717, 1.165) is 4.88 Å². The van der Waals surface area contributed by atoms with Crippen LogP contribution < -0.4 is 5.73 Å². The predicted molar refractivity (Wildman–Crippen MR) is 55.6 cm³/mol. The molecule has 4 heteroatoms. The van der Waals surface area contributed by atoms with Gasteiger partial charge >= 0.3 is 0 Å². The molecule has 0 spiro atoms. The maximum absolute atomic E-state index is 10.3. The standard InChI is InChI=1S/C9H16N2OS/c1-8(2,3)9(4,12)6-5-11-7(10)13-6/h5,12H,1-4H3,(H2,10,11). The molecule has 0 aliphatic carbocycles. The average Bonchev–Trinajstić information content (AvgIpc) is 2.33. The second-order valence-corrected chi connectivity index (χ2v) is 5.45. The zero-order valence-corrected chi connectivity index (χ0v) is 9.27. The Morgan fingerprint density at radius 1 is 1.38 bits per heavy atom. The number of rotatable bonds is 1. The highest BCUT2D eigenvalue weighted by Crippen LogP contribution is 2.41. The van der Waals surface area contributed by atoms with Gasteiger partial charge in [-0.3, -0.25) is 0 Å². The molecule has 3 N–H and O–H groups in total. The highest BCUT2D eigenvalue weighted by molar-refractivity contribution is 7.15. The van der Waals surface area contributed by atoms with E-state index < -0.39 is 5.60 Å². The Hall–Kier alpha value is -0.610. The van der Waals surface area contributed by atoms with Crippen LogP contribution in [0.15, 0.2) is 6.20 Å². The molecule has 1 rings (SSSR count). The predicted octanol–water partition coefficient (Wildman–Crippen LogP) is 1.98.